The molecule has 3 rings (SSSR count). The number of amides is 2. The third-order valence-electron chi connectivity index (χ3n) is 3.71. The number of aromatic nitrogens is 1. The summed E-state index contributed by atoms with van der Waals surface area (Å²) >= 11 is 8.27. The van der Waals surface area contributed by atoms with Gasteiger partial charge in [-0.05, 0) is 71.1 Å². The number of benzene rings is 2. The number of nitrogens with one attached hydrogen (secondary N) is 2. The Kier molecular flexibility index (Phi) is 6.78. The van der Waals surface area contributed by atoms with E-state index >= 15 is 0 Å². The van der Waals surface area contributed by atoms with E-state index in [2.05, 4.69) is 38.2 Å². The molecular formula is C21H15ClIN3O2. The van der Waals surface area contributed by atoms with Crippen molar-refractivity contribution in [2.24, 2.45) is 0 Å². The molecule has 0 aliphatic heterocycles. The second-order valence-electron chi connectivity index (χ2n) is 5.72. The Morgan fingerprint density at radius 3 is 2.07 bits per heavy atom. The summed E-state index contributed by atoms with van der Waals surface area (Å²) in [6.45, 7) is 0. The molecule has 0 bridgehead atoms. The number of nitrogens with zero attached hydrogens (tertiary/aromatic N) is 1. The molecule has 0 radical (unpaired) electrons. The molecule has 0 fully saturated rings. The van der Waals surface area contributed by atoms with Gasteiger partial charge in [0.25, 0.3) is 11.8 Å². The molecule has 0 saturated heterocycles. The summed E-state index contributed by atoms with van der Waals surface area (Å²) in [5.41, 5.74) is 1.55. The third kappa shape index (κ3) is 5.40. The van der Waals surface area contributed by atoms with E-state index in [9.17, 15) is 9.59 Å². The van der Waals surface area contributed by atoms with Crippen LogP contribution in [0, 0.1) is 3.57 Å². The monoisotopic (exact) mass is 503 g/mol. The lowest BCUT2D eigenvalue weighted by Gasteiger charge is -2.11. The molecule has 0 aliphatic rings. The van der Waals surface area contributed by atoms with Crippen LogP contribution in [-0.4, -0.2) is 16.8 Å². The molecule has 0 spiro atoms. The van der Waals surface area contributed by atoms with E-state index in [-0.39, 0.29) is 10.7 Å². The Bertz CT molecular complexity index is 1020. The summed E-state index contributed by atoms with van der Waals surface area (Å²) in [6, 6.07) is 19.5. The largest absolute Gasteiger partial charge is 0.322 e. The van der Waals surface area contributed by atoms with Gasteiger partial charge in [0.05, 0.1) is 0 Å². The van der Waals surface area contributed by atoms with E-state index in [1.165, 1.54) is 12.3 Å². The zero-order chi connectivity index (χ0) is 19.9. The van der Waals surface area contributed by atoms with Gasteiger partial charge in [-0.1, -0.05) is 35.9 Å². The molecule has 140 valence electrons. The summed E-state index contributed by atoms with van der Waals surface area (Å²) in [7, 11) is 0. The molecule has 5 nitrogen and oxygen atoms in total. The van der Waals surface area contributed by atoms with Gasteiger partial charge in [-0.15, -0.1) is 0 Å². The average Bonchev–Trinajstić information content (AvgIpc) is 2.69. The number of halogens is 2. The van der Waals surface area contributed by atoms with Crippen LogP contribution in [0.1, 0.15) is 5.56 Å². The van der Waals surface area contributed by atoms with Crippen molar-refractivity contribution in [2.45, 2.75) is 0 Å². The second kappa shape index (κ2) is 9.48. The highest BCUT2D eigenvalue weighted by Crippen LogP contribution is 2.19. The lowest BCUT2D eigenvalue weighted by Crippen LogP contribution is -2.25. The van der Waals surface area contributed by atoms with Crippen molar-refractivity contribution in [3.05, 3.63) is 92.8 Å². The van der Waals surface area contributed by atoms with Crippen LogP contribution in [0.3, 0.4) is 0 Å². The SMILES string of the molecule is O=C(Nc1ccccc1)/C(=C\c1cccnc1Cl)C(=O)Nc1ccc(I)cc1. The Labute approximate surface area is 181 Å². The normalized spacial score (nSPS) is 11.0. The number of hydrogen-bond acceptors (Lipinski definition) is 3. The van der Waals surface area contributed by atoms with Gasteiger partial charge >= 0.3 is 0 Å². The standard InChI is InChI=1S/C21H15ClIN3O2/c22-19-14(5-4-12-24-19)13-18(20(27)25-16-6-2-1-3-7-16)21(28)26-17-10-8-15(23)9-11-17/h1-13H,(H,25,27)(H,26,28)/b18-13+. The zero-order valence-electron chi connectivity index (χ0n) is 14.5. The molecule has 0 aliphatic carbocycles. The van der Waals surface area contributed by atoms with Crippen molar-refractivity contribution in [3.8, 4) is 0 Å². The van der Waals surface area contributed by atoms with Crippen LogP contribution in [0.2, 0.25) is 5.15 Å². The Morgan fingerprint density at radius 1 is 0.857 bits per heavy atom. The van der Waals surface area contributed by atoms with E-state index in [4.69, 9.17) is 11.6 Å². The van der Waals surface area contributed by atoms with Crippen molar-refractivity contribution in [1.82, 2.24) is 4.98 Å². The number of carbonyl (C=O) groups is 2. The minimum absolute atomic E-state index is 0.0858. The van der Waals surface area contributed by atoms with Crippen molar-refractivity contribution < 1.29 is 9.59 Å². The third-order valence-corrected chi connectivity index (χ3v) is 4.75. The molecule has 2 N–H and O–H groups in total. The first-order chi connectivity index (χ1) is 13.5. The van der Waals surface area contributed by atoms with Gasteiger partial charge in [-0.2, -0.15) is 0 Å². The van der Waals surface area contributed by atoms with Crippen molar-refractivity contribution in [3.63, 3.8) is 0 Å². The molecule has 3 aromatic rings. The van der Waals surface area contributed by atoms with Crippen molar-refractivity contribution >= 4 is 63.5 Å². The van der Waals surface area contributed by atoms with Gasteiger partial charge in [0.2, 0.25) is 0 Å². The van der Waals surface area contributed by atoms with E-state index < -0.39 is 11.8 Å². The fourth-order valence-electron chi connectivity index (χ4n) is 2.35. The first-order valence-electron chi connectivity index (χ1n) is 8.28. The summed E-state index contributed by atoms with van der Waals surface area (Å²) < 4.78 is 1.04. The first kappa shape index (κ1) is 20.0. The molecule has 1 heterocycles. The number of carbonyl (C=O) groups excluding carboxylic acids is 2. The van der Waals surface area contributed by atoms with Crippen LogP contribution < -0.4 is 10.6 Å². The van der Waals surface area contributed by atoms with Crippen LogP contribution in [0.4, 0.5) is 11.4 Å². The van der Waals surface area contributed by atoms with Gasteiger partial charge in [0, 0.05) is 26.7 Å². The Morgan fingerprint density at radius 2 is 1.46 bits per heavy atom. The zero-order valence-corrected chi connectivity index (χ0v) is 17.4. The lowest BCUT2D eigenvalue weighted by molar-refractivity contribution is -0.118. The van der Waals surface area contributed by atoms with Crippen LogP contribution >= 0.6 is 34.2 Å². The molecule has 1 aromatic heterocycles. The minimum Gasteiger partial charge on any atom is -0.322 e. The molecular weight excluding hydrogens is 489 g/mol. The first-order valence-corrected chi connectivity index (χ1v) is 9.74. The summed E-state index contributed by atoms with van der Waals surface area (Å²) in [5.74, 6) is -1.09. The smallest absolute Gasteiger partial charge is 0.261 e. The van der Waals surface area contributed by atoms with E-state index in [0.717, 1.165) is 3.57 Å². The van der Waals surface area contributed by atoms with Crippen LogP contribution in [0.25, 0.3) is 6.08 Å². The van der Waals surface area contributed by atoms with Crippen LogP contribution in [0.15, 0.2) is 78.5 Å². The molecule has 7 heteroatoms. The van der Waals surface area contributed by atoms with Crippen molar-refractivity contribution in [1.29, 1.82) is 0 Å². The van der Waals surface area contributed by atoms with E-state index in [0.29, 0.717) is 16.9 Å². The van der Waals surface area contributed by atoms with Gasteiger partial charge in [-0.3, -0.25) is 9.59 Å². The van der Waals surface area contributed by atoms with Crippen molar-refractivity contribution in [2.75, 3.05) is 10.6 Å². The van der Waals surface area contributed by atoms with Gasteiger partial charge in [0.1, 0.15) is 10.7 Å². The van der Waals surface area contributed by atoms with E-state index in [1.807, 2.05) is 18.2 Å². The molecule has 2 amide bonds. The van der Waals surface area contributed by atoms with E-state index in [1.54, 1.807) is 48.5 Å². The average molecular weight is 504 g/mol. The number of pyridine rings is 1. The molecule has 0 saturated carbocycles. The molecule has 28 heavy (non-hydrogen) atoms. The summed E-state index contributed by atoms with van der Waals surface area (Å²) in [5, 5.41) is 5.67. The summed E-state index contributed by atoms with van der Waals surface area (Å²) in [4.78, 5) is 29.6. The maximum Gasteiger partial charge on any atom is 0.261 e. The highest BCUT2D eigenvalue weighted by molar-refractivity contribution is 14.1. The van der Waals surface area contributed by atoms with Gasteiger partial charge in [0.15, 0.2) is 0 Å². The van der Waals surface area contributed by atoms with Crippen LogP contribution in [-0.2, 0) is 9.59 Å². The molecule has 0 atom stereocenters. The highest BCUT2D eigenvalue weighted by Gasteiger charge is 2.19. The van der Waals surface area contributed by atoms with Crippen LogP contribution in [0.5, 0.6) is 0 Å². The number of rotatable bonds is 5. The maximum atomic E-state index is 12.8. The predicted molar refractivity (Wildman–Crippen MR) is 120 cm³/mol. The lowest BCUT2D eigenvalue weighted by atomic mass is 10.1. The number of anilines is 2. The predicted octanol–water partition coefficient (Wildman–Crippen LogP) is 5.00. The number of para-hydroxylation sites is 1. The minimum atomic E-state index is -0.547. The van der Waals surface area contributed by atoms with Gasteiger partial charge < -0.3 is 10.6 Å². The number of hydrogen-bond donors (Lipinski definition) is 2. The Hall–Kier alpha value is -2.71. The highest BCUT2D eigenvalue weighted by atomic mass is 127. The Balaban J connectivity index is 1.91. The molecule has 0 unspecified atom stereocenters. The fourth-order valence-corrected chi connectivity index (χ4v) is 2.88. The fraction of sp³-hybridized carbons (Fsp3) is 0. The quantitative estimate of drug-likeness (QED) is 0.169. The topological polar surface area (TPSA) is 71.1 Å². The molecule has 2 aromatic carbocycles. The maximum absolute atomic E-state index is 12.8. The summed E-state index contributed by atoms with van der Waals surface area (Å²) in [6.07, 6.45) is 2.96. The van der Waals surface area contributed by atoms with Gasteiger partial charge in [-0.25, -0.2) is 4.98 Å². The second-order valence-corrected chi connectivity index (χ2v) is 7.33.